The van der Waals surface area contributed by atoms with Crippen molar-refractivity contribution >= 4 is 27.0 Å². The van der Waals surface area contributed by atoms with Gasteiger partial charge in [0.2, 0.25) is 0 Å². The zero-order valence-corrected chi connectivity index (χ0v) is 13.6. The second-order valence-electron chi connectivity index (χ2n) is 5.22. The molecule has 3 aromatic rings. The van der Waals surface area contributed by atoms with Crippen molar-refractivity contribution < 1.29 is 0 Å². The van der Waals surface area contributed by atoms with Gasteiger partial charge in [-0.15, -0.1) is 0 Å². The Balaban J connectivity index is 2.38. The van der Waals surface area contributed by atoms with Crippen molar-refractivity contribution in [1.82, 2.24) is 14.5 Å². The summed E-state index contributed by atoms with van der Waals surface area (Å²) < 4.78 is 3.28. The molecule has 102 valence electrons. The predicted octanol–water partition coefficient (Wildman–Crippen LogP) is 4.42. The van der Waals surface area contributed by atoms with Crippen LogP contribution in [0, 0.1) is 27.7 Å². The molecule has 0 atom stereocenters. The van der Waals surface area contributed by atoms with Gasteiger partial charge >= 0.3 is 0 Å². The van der Waals surface area contributed by atoms with Crippen molar-refractivity contribution in [3.63, 3.8) is 0 Å². The molecule has 0 aliphatic rings. The molecule has 2 heterocycles. The highest BCUT2D eigenvalue weighted by molar-refractivity contribution is 9.10. The number of fused-ring (bicyclic) bond motifs is 1. The van der Waals surface area contributed by atoms with Crippen molar-refractivity contribution in [3.8, 4) is 5.69 Å². The van der Waals surface area contributed by atoms with E-state index in [1.54, 1.807) is 0 Å². The maximum absolute atomic E-state index is 4.62. The summed E-state index contributed by atoms with van der Waals surface area (Å²) in [5, 5.41) is 1.11. The third-order valence-electron chi connectivity index (χ3n) is 3.56. The van der Waals surface area contributed by atoms with Gasteiger partial charge in [0.25, 0.3) is 0 Å². The first-order valence-electron chi connectivity index (χ1n) is 6.56. The van der Waals surface area contributed by atoms with Crippen LogP contribution < -0.4 is 0 Å². The van der Waals surface area contributed by atoms with E-state index >= 15 is 0 Å². The highest BCUT2D eigenvalue weighted by Crippen LogP contribution is 2.28. The Kier molecular flexibility index (Phi) is 3.13. The molecule has 0 aliphatic carbocycles. The van der Waals surface area contributed by atoms with Gasteiger partial charge in [0, 0.05) is 22.3 Å². The van der Waals surface area contributed by atoms with Gasteiger partial charge in [-0.3, -0.25) is 0 Å². The average Bonchev–Trinajstić information content (AvgIpc) is 2.65. The van der Waals surface area contributed by atoms with E-state index in [-0.39, 0.29) is 0 Å². The predicted molar refractivity (Wildman–Crippen MR) is 85.5 cm³/mol. The van der Waals surface area contributed by atoms with Gasteiger partial charge in [-0.25, -0.2) is 9.97 Å². The summed E-state index contributed by atoms with van der Waals surface area (Å²) in [6.45, 7) is 8.28. The number of hydrogen-bond acceptors (Lipinski definition) is 2. The first-order chi connectivity index (χ1) is 9.47. The fourth-order valence-corrected chi connectivity index (χ4v) is 3.38. The highest BCUT2D eigenvalue weighted by Gasteiger charge is 2.13. The van der Waals surface area contributed by atoms with E-state index in [4.69, 9.17) is 0 Å². The Hall–Kier alpha value is -1.68. The smallest absolute Gasteiger partial charge is 0.148 e. The molecule has 0 saturated carbocycles. The van der Waals surface area contributed by atoms with Gasteiger partial charge in [-0.05, 0) is 56.5 Å². The van der Waals surface area contributed by atoms with Gasteiger partial charge in [0.15, 0.2) is 0 Å². The van der Waals surface area contributed by atoms with Crippen molar-refractivity contribution in [2.45, 2.75) is 27.7 Å². The summed E-state index contributed by atoms with van der Waals surface area (Å²) in [5.74, 6) is 0.796. The van der Waals surface area contributed by atoms with E-state index < -0.39 is 0 Å². The van der Waals surface area contributed by atoms with Crippen molar-refractivity contribution in [3.05, 3.63) is 51.5 Å². The largest absolute Gasteiger partial charge is 0.300 e. The van der Waals surface area contributed by atoms with E-state index in [1.165, 1.54) is 22.4 Å². The van der Waals surface area contributed by atoms with Crippen LogP contribution in [0.3, 0.4) is 0 Å². The van der Waals surface area contributed by atoms with E-state index in [2.05, 4.69) is 69.6 Å². The van der Waals surface area contributed by atoms with Crippen LogP contribution in [0.15, 0.2) is 29.0 Å². The summed E-state index contributed by atoms with van der Waals surface area (Å²) in [7, 11) is 0. The number of aryl methyl sites for hydroxylation is 4. The summed E-state index contributed by atoms with van der Waals surface area (Å²) in [5.41, 5.74) is 5.82. The van der Waals surface area contributed by atoms with Gasteiger partial charge in [0.05, 0.1) is 5.69 Å². The first kappa shape index (κ1) is 13.3. The summed E-state index contributed by atoms with van der Waals surface area (Å²) in [4.78, 5) is 8.92. The molecule has 0 aliphatic heterocycles. The molecule has 3 rings (SSSR count). The van der Waals surface area contributed by atoms with E-state index in [0.717, 1.165) is 21.3 Å². The molecule has 20 heavy (non-hydrogen) atoms. The summed E-state index contributed by atoms with van der Waals surface area (Å²) in [6.07, 6.45) is 4.05. The minimum absolute atomic E-state index is 0.796. The van der Waals surface area contributed by atoms with E-state index in [0.29, 0.717) is 0 Å². The zero-order valence-electron chi connectivity index (χ0n) is 12.0. The Morgan fingerprint density at radius 1 is 1.00 bits per heavy atom. The number of nitrogens with zero attached hydrogens (tertiary/aromatic N) is 3. The number of halogens is 1. The van der Waals surface area contributed by atoms with Crippen LogP contribution in [-0.2, 0) is 0 Å². The highest BCUT2D eigenvalue weighted by atomic mass is 79.9. The summed E-state index contributed by atoms with van der Waals surface area (Å²) >= 11 is 3.55. The lowest BCUT2D eigenvalue weighted by atomic mass is 10.1. The maximum atomic E-state index is 4.62. The number of rotatable bonds is 1. The lowest BCUT2D eigenvalue weighted by molar-refractivity contribution is 1.01. The average molecular weight is 330 g/mol. The lowest BCUT2D eigenvalue weighted by Gasteiger charge is -2.13. The van der Waals surface area contributed by atoms with Crippen LogP contribution >= 0.6 is 15.9 Å². The molecule has 0 bridgehead atoms. The molecule has 0 unspecified atom stereocenters. The van der Waals surface area contributed by atoms with Crippen LogP contribution in [0.2, 0.25) is 0 Å². The Bertz CT molecular complexity index is 795. The minimum atomic E-state index is 0.796. The first-order valence-corrected chi connectivity index (χ1v) is 7.35. The van der Waals surface area contributed by atoms with Crippen molar-refractivity contribution in [2.75, 3.05) is 0 Å². The molecule has 4 heteroatoms. The topological polar surface area (TPSA) is 30.7 Å². The second kappa shape index (κ2) is 4.70. The normalized spacial score (nSPS) is 11.2. The molecule has 0 saturated heterocycles. The Morgan fingerprint density at radius 3 is 2.30 bits per heavy atom. The lowest BCUT2D eigenvalue weighted by Crippen LogP contribution is -2.01. The van der Waals surface area contributed by atoms with Crippen LogP contribution in [0.5, 0.6) is 0 Å². The fourth-order valence-electron chi connectivity index (χ4n) is 2.70. The number of hydrogen-bond donors (Lipinski definition) is 0. The second-order valence-corrected chi connectivity index (χ2v) is 6.14. The minimum Gasteiger partial charge on any atom is -0.300 e. The third-order valence-corrected chi connectivity index (χ3v) is 4.02. The molecule has 0 radical (unpaired) electrons. The Labute approximate surface area is 126 Å². The summed E-state index contributed by atoms with van der Waals surface area (Å²) in [6, 6.07) is 4.27. The van der Waals surface area contributed by atoms with Crippen molar-refractivity contribution in [1.29, 1.82) is 0 Å². The molecule has 0 fully saturated rings. The third kappa shape index (κ3) is 2.04. The zero-order chi connectivity index (χ0) is 14.4. The van der Waals surface area contributed by atoms with Gasteiger partial charge < -0.3 is 4.57 Å². The molecule has 1 aromatic carbocycles. The van der Waals surface area contributed by atoms with Crippen LogP contribution in [0.1, 0.15) is 22.5 Å². The van der Waals surface area contributed by atoms with Crippen LogP contribution in [-0.4, -0.2) is 14.5 Å². The van der Waals surface area contributed by atoms with E-state index in [1.807, 2.05) is 13.1 Å². The molecular weight excluding hydrogens is 314 g/mol. The van der Waals surface area contributed by atoms with Crippen molar-refractivity contribution in [2.24, 2.45) is 0 Å². The quantitative estimate of drug-likeness (QED) is 0.661. The SMILES string of the molecule is Cc1ncc2c(C)cn(-c3c(C)cc(Br)cc3C)c2n1. The Morgan fingerprint density at radius 2 is 1.65 bits per heavy atom. The number of aromatic nitrogens is 3. The number of benzene rings is 1. The fraction of sp³-hybridized carbons (Fsp3) is 0.250. The van der Waals surface area contributed by atoms with Gasteiger partial charge in [-0.2, -0.15) is 0 Å². The molecule has 2 aromatic heterocycles. The monoisotopic (exact) mass is 329 g/mol. The molecular formula is C16H16BrN3. The standard InChI is InChI=1S/C16H16BrN3/c1-9-5-13(17)6-10(2)15(9)20-8-11(3)14-7-18-12(4)19-16(14)20/h5-8H,1-4H3. The molecule has 0 N–H and O–H groups in total. The van der Waals surface area contributed by atoms with E-state index in [9.17, 15) is 0 Å². The van der Waals surface area contributed by atoms with Crippen LogP contribution in [0.4, 0.5) is 0 Å². The van der Waals surface area contributed by atoms with Crippen LogP contribution in [0.25, 0.3) is 16.7 Å². The van der Waals surface area contributed by atoms with Gasteiger partial charge in [-0.1, -0.05) is 15.9 Å². The maximum Gasteiger partial charge on any atom is 0.148 e. The van der Waals surface area contributed by atoms with Gasteiger partial charge in [0.1, 0.15) is 11.5 Å². The molecule has 0 spiro atoms. The molecule has 0 amide bonds. The molecule has 3 nitrogen and oxygen atoms in total.